The third-order valence-corrected chi connectivity index (χ3v) is 8.49. The van der Waals surface area contributed by atoms with Gasteiger partial charge in [-0.1, -0.05) is 0 Å². The number of rotatable bonds is 7. The number of ether oxygens (including phenoxy) is 1. The monoisotopic (exact) mass is 443 g/mol. The minimum atomic E-state index is -3.41. The molecule has 0 amide bonds. The zero-order chi connectivity index (χ0) is 21.4. The predicted octanol–water partition coefficient (Wildman–Crippen LogP) is 2.41. The summed E-state index contributed by atoms with van der Waals surface area (Å²) >= 11 is 0. The zero-order valence-corrected chi connectivity index (χ0v) is 18.6. The van der Waals surface area contributed by atoms with Gasteiger partial charge in [0.25, 0.3) is 0 Å². The maximum Gasteiger partial charge on any atom is 0.215 e. The number of nitrogens with one attached hydrogen (secondary N) is 1. The van der Waals surface area contributed by atoms with E-state index in [1.165, 1.54) is 0 Å². The van der Waals surface area contributed by atoms with Crippen molar-refractivity contribution in [3.8, 4) is 0 Å². The SMILES string of the molecule is Cc1nc2c(c(NC[C@@H]3CCCO3)n1)[C@H]1CC[C@@H](C2)N1S(=O)(=O)CCc1ccncc1. The van der Waals surface area contributed by atoms with Gasteiger partial charge in [0.05, 0.1) is 23.6 Å². The molecule has 9 heteroatoms. The summed E-state index contributed by atoms with van der Waals surface area (Å²) in [5.41, 5.74) is 2.95. The van der Waals surface area contributed by atoms with Gasteiger partial charge in [-0.15, -0.1) is 0 Å². The Kier molecular flexibility index (Phi) is 5.66. The quantitative estimate of drug-likeness (QED) is 0.702. The molecule has 0 radical (unpaired) electrons. The largest absolute Gasteiger partial charge is 0.376 e. The summed E-state index contributed by atoms with van der Waals surface area (Å²) in [7, 11) is -3.41. The third kappa shape index (κ3) is 4.18. The molecule has 8 nitrogen and oxygen atoms in total. The second-order valence-electron chi connectivity index (χ2n) is 8.70. The Hall–Kier alpha value is -2.10. The van der Waals surface area contributed by atoms with Crippen molar-refractivity contribution in [3.05, 3.63) is 47.2 Å². The van der Waals surface area contributed by atoms with Crippen LogP contribution in [0.1, 0.15) is 54.4 Å². The number of sulfonamides is 1. The van der Waals surface area contributed by atoms with E-state index in [0.717, 1.165) is 60.8 Å². The Morgan fingerprint density at radius 1 is 1.19 bits per heavy atom. The van der Waals surface area contributed by atoms with Crippen LogP contribution < -0.4 is 5.32 Å². The molecule has 2 aromatic heterocycles. The molecule has 166 valence electrons. The van der Waals surface area contributed by atoms with Gasteiger partial charge in [-0.2, -0.15) is 4.31 Å². The molecule has 2 aromatic rings. The van der Waals surface area contributed by atoms with Crippen molar-refractivity contribution in [3.63, 3.8) is 0 Å². The van der Waals surface area contributed by atoms with Crippen LogP contribution in [0.15, 0.2) is 24.5 Å². The fraction of sp³-hybridized carbons (Fsp3) is 0.591. The van der Waals surface area contributed by atoms with Crippen LogP contribution >= 0.6 is 0 Å². The van der Waals surface area contributed by atoms with Gasteiger partial charge in [0.2, 0.25) is 10.0 Å². The molecular weight excluding hydrogens is 414 g/mol. The second-order valence-corrected chi connectivity index (χ2v) is 10.7. The molecule has 5 rings (SSSR count). The average Bonchev–Trinajstić information content (AvgIpc) is 3.39. The highest BCUT2D eigenvalue weighted by atomic mass is 32.2. The van der Waals surface area contributed by atoms with Gasteiger partial charge in [0, 0.05) is 43.6 Å². The maximum absolute atomic E-state index is 13.4. The standard InChI is InChI=1S/C22H29N5O3S/c1-15-25-19-13-17-4-5-20(21(19)22(26-15)24-14-18-3-2-11-30-18)27(17)31(28,29)12-8-16-6-9-23-10-7-16/h6-7,9-10,17-18,20H,2-5,8,11-14H2,1H3,(H,24,25,26)/t17-,18-,20+/m0/s1. The Bertz CT molecular complexity index is 1040. The first-order chi connectivity index (χ1) is 15.0. The van der Waals surface area contributed by atoms with Crippen molar-refractivity contribution in [1.82, 2.24) is 19.3 Å². The Labute approximate surface area is 183 Å². The van der Waals surface area contributed by atoms with E-state index >= 15 is 0 Å². The fourth-order valence-electron chi connectivity index (χ4n) is 5.16. The van der Waals surface area contributed by atoms with Crippen molar-refractivity contribution in [2.75, 3.05) is 24.2 Å². The number of aromatic nitrogens is 3. The molecule has 2 fully saturated rings. The number of aryl methyl sites for hydroxylation is 2. The zero-order valence-electron chi connectivity index (χ0n) is 17.8. The Balaban J connectivity index is 1.40. The highest BCUT2D eigenvalue weighted by molar-refractivity contribution is 7.89. The molecule has 1 N–H and O–H groups in total. The number of nitrogens with zero attached hydrogens (tertiary/aromatic N) is 4. The number of pyridine rings is 1. The van der Waals surface area contributed by atoms with E-state index in [2.05, 4.69) is 15.3 Å². The first-order valence-electron chi connectivity index (χ1n) is 11.1. The van der Waals surface area contributed by atoms with Gasteiger partial charge in [0.1, 0.15) is 11.6 Å². The second kappa shape index (κ2) is 8.44. The molecule has 0 unspecified atom stereocenters. The van der Waals surface area contributed by atoms with Crippen LogP contribution in [0.4, 0.5) is 5.82 Å². The van der Waals surface area contributed by atoms with Crippen LogP contribution in [0.2, 0.25) is 0 Å². The van der Waals surface area contributed by atoms with Crippen molar-refractivity contribution >= 4 is 15.8 Å². The van der Waals surface area contributed by atoms with Crippen molar-refractivity contribution in [2.45, 2.75) is 63.6 Å². The van der Waals surface area contributed by atoms with Gasteiger partial charge < -0.3 is 10.1 Å². The molecule has 0 aliphatic carbocycles. The molecule has 3 atom stereocenters. The molecule has 5 heterocycles. The van der Waals surface area contributed by atoms with Crippen LogP contribution in [0.3, 0.4) is 0 Å². The van der Waals surface area contributed by atoms with Gasteiger partial charge in [-0.3, -0.25) is 4.98 Å². The van der Waals surface area contributed by atoms with E-state index in [9.17, 15) is 8.42 Å². The molecule has 0 aromatic carbocycles. The first-order valence-corrected chi connectivity index (χ1v) is 12.7. The summed E-state index contributed by atoms with van der Waals surface area (Å²) < 4.78 is 34.3. The van der Waals surface area contributed by atoms with Crippen LogP contribution in [-0.2, 0) is 27.6 Å². The summed E-state index contributed by atoms with van der Waals surface area (Å²) in [5, 5.41) is 3.46. The predicted molar refractivity (Wildman–Crippen MR) is 117 cm³/mol. The van der Waals surface area contributed by atoms with E-state index in [4.69, 9.17) is 9.72 Å². The van der Waals surface area contributed by atoms with Crippen LogP contribution in [0.5, 0.6) is 0 Å². The van der Waals surface area contributed by atoms with E-state index in [-0.39, 0.29) is 23.9 Å². The maximum atomic E-state index is 13.4. The smallest absolute Gasteiger partial charge is 0.215 e. The lowest BCUT2D eigenvalue weighted by Gasteiger charge is -2.35. The minimum absolute atomic E-state index is 0.0137. The summed E-state index contributed by atoms with van der Waals surface area (Å²) in [6.07, 6.45) is 8.53. The number of hydrogen-bond acceptors (Lipinski definition) is 7. The van der Waals surface area contributed by atoms with Crippen LogP contribution in [0.25, 0.3) is 0 Å². The lowest BCUT2D eigenvalue weighted by molar-refractivity contribution is 0.120. The molecule has 2 saturated heterocycles. The highest BCUT2D eigenvalue weighted by Crippen LogP contribution is 2.47. The lowest BCUT2D eigenvalue weighted by Crippen LogP contribution is -2.44. The summed E-state index contributed by atoms with van der Waals surface area (Å²) in [6.45, 7) is 3.40. The number of anilines is 1. The molecule has 31 heavy (non-hydrogen) atoms. The van der Waals surface area contributed by atoms with Crippen molar-refractivity contribution in [2.24, 2.45) is 0 Å². The van der Waals surface area contributed by atoms with Crippen LogP contribution in [-0.4, -0.2) is 58.7 Å². The molecular formula is C22H29N5O3S. The van der Waals surface area contributed by atoms with E-state index < -0.39 is 10.0 Å². The molecule has 0 spiro atoms. The summed E-state index contributed by atoms with van der Waals surface area (Å²) in [4.78, 5) is 13.4. The summed E-state index contributed by atoms with van der Waals surface area (Å²) in [5.74, 6) is 1.60. The average molecular weight is 444 g/mol. The van der Waals surface area contributed by atoms with Crippen molar-refractivity contribution in [1.29, 1.82) is 0 Å². The highest BCUT2D eigenvalue weighted by Gasteiger charge is 2.48. The van der Waals surface area contributed by atoms with Gasteiger partial charge in [-0.05, 0) is 56.7 Å². The Morgan fingerprint density at radius 2 is 2.03 bits per heavy atom. The fourth-order valence-corrected chi connectivity index (χ4v) is 7.10. The number of fused-ring (bicyclic) bond motifs is 4. The van der Waals surface area contributed by atoms with E-state index in [1.54, 1.807) is 16.7 Å². The summed E-state index contributed by atoms with van der Waals surface area (Å²) in [6, 6.07) is 3.54. The molecule has 2 bridgehead atoms. The van der Waals surface area contributed by atoms with Gasteiger partial charge >= 0.3 is 0 Å². The topological polar surface area (TPSA) is 97.3 Å². The van der Waals surface area contributed by atoms with Gasteiger partial charge in [0.15, 0.2) is 0 Å². The number of hydrogen-bond donors (Lipinski definition) is 1. The first kappa shape index (κ1) is 20.8. The molecule has 3 aliphatic heterocycles. The molecule has 0 saturated carbocycles. The third-order valence-electron chi connectivity index (χ3n) is 6.58. The molecule has 3 aliphatic rings. The minimum Gasteiger partial charge on any atom is -0.376 e. The van der Waals surface area contributed by atoms with Gasteiger partial charge in [-0.25, -0.2) is 18.4 Å². The normalized spacial score (nSPS) is 25.5. The lowest BCUT2D eigenvalue weighted by atomic mass is 10.00. The Morgan fingerprint density at radius 3 is 2.81 bits per heavy atom. The van der Waals surface area contributed by atoms with Crippen LogP contribution in [0, 0.1) is 6.92 Å². The van der Waals surface area contributed by atoms with E-state index in [0.29, 0.717) is 19.4 Å². The van der Waals surface area contributed by atoms with E-state index in [1.807, 2.05) is 19.1 Å². The van der Waals surface area contributed by atoms with Crippen molar-refractivity contribution < 1.29 is 13.2 Å².